The Morgan fingerprint density at radius 1 is 1.55 bits per heavy atom. The number of carbonyl (C=O) groups is 2. The fraction of sp³-hybridized carbons (Fsp3) is 0.538. The maximum Gasteiger partial charge on any atom is 0.354 e. The third kappa shape index (κ3) is 2.93. The lowest BCUT2D eigenvalue weighted by Crippen LogP contribution is -2.34. The minimum absolute atomic E-state index is 0.0258. The Hall–Kier alpha value is -2.02. The maximum atomic E-state index is 12.1. The van der Waals surface area contributed by atoms with Crippen LogP contribution in [0.3, 0.4) is 0 Å². The first-order chi connectivity index (χ1) is 9.38. The lowest BCUT2D eigenvalue weighted by Gasteiger charge is -2.18. The lowest BCUT2D eigenvalue weighted by atomic mass is 10.0. The lowest BCUT2D eigenvalue weighted by molar-refractivity contribution is 0.0692. The molecule has 2 rings (SSSR count). The molecule has 7 nitrogen and oxygen atoms in total. The first-order valence-electron chi connectivity index (χ1n) is 6.55. The van der Waals surface area contributed by atoms with Crippen LogP contribution in [0, 0.1) is 12.8 Å². The zero-order valence-corrected chi connectivity index (χ0v) is 11.5. The topological polar surface area (TPSA) is 106 Å². The number of likely N-dealkylation sites (tertiary alicyclic amines) is 1. The van der Waals surface area contributed by atoms with Crippen LogP contribution in [-0.4, -0.2) is 51.3 Å². The highest BCUT2D eigenvalue weighted by Crippen LogP contribution is 2.22. The Morgan fingerprint density at radius 3 is 2.80 bits per heavy atom. The molecule has 110 valence electrons. The average molecular weight is 281 g/mol. The van der Waals surface area contributed by atoms with Crippen LogP contribution in [0.5, 0.6) is 0 Å². The molecule has 1 saturated heterocycles. The van der Waals surface area contributed by atoms with Gasteiger partial charge in [0, 0.05) is 24.7 Å². The number of nitrogens with zero attached hydrogens (tertiary/aromatic N) is 1. The van der Waals surface area contributed by atoms with E-state index in [0.717, 1.165) is 6.42 Å². The normalized spacial score (nSPS) is 19.9. The van der Waals surface area contributed by atoms with Gasteiger partial charge in [0.1, 0.15) is 5.69 Å². The van der Waals surface area contributed by atoms with Gasteiger partial charge in [0.2, 0.25) is 0 Å². The number of aryl methyl sites for hydroxylation is 1. The third-order valence-electron chi connectivity index (χ3n) is 3.60. The van der Waals surface area contributed by atoms with Crippen molar-refractivity contribution in [2.45, 2.75) is 26.4 Å². The highest BCUT2D eigenvalue weighted by atomic mass is 16.4. The number of urea groups is 1. The van der Waals surface area contributed by atoms with E-state index in [2.05, 4.69) is 10.3 Å². The minimum Gasteiger partial charge on any atom is -0.477 e. The zero-order chi connectivity index (χ0) is 14.9. The van der Waals surface area contributed by atoms with Gasteiger partial charge in [-0.25, -0.2) is 9.59 Å². The molecule has 7 heteroatoms. The van der Waals surface area contributed by atoms with Gasteiger partial charge in [0.25, 0.3) is 0 Å². The Labute approximate surface area is 116 Å². The molecule has 0 saturated carbocycles. The van der Waals surface area contributed by atoms with Crippen LogP contribution >= 0.6 is 0 Å². The number of carbonyl (C=O) groups excluding carboxylic acids is 1. The average Bonchev–Trinajstić information content (AvgIpc) is 2.95. The van der Waals surface area contributed by atoms with Gasteiger partial charge < -0.3 is 25.4 Å². The predicted octanol–water partition coefficient (Wildman–Crippen LogP) is 1.26. The molecule has 20 heavy (non-hydrogen) atoms. The van der Waals surface area contributed by atoms with Crippen LogP contribution in [0.15, 0.2) is 6.07 Å². The smallest absolute Gasteiger partial charge is 0.354 e. The monoisotopic (exact) mass is 281 g/mol. The molecule has 1 fully saturated rings. The summed E-state index contributed by atoms with van der Waals surface area (Å²) in [5, 5.41) is 21.2. The number of amides is 2. The van der Waals surface area contributed by atoms with Crippen molar-refractivity contribution < 1.29 is 19.8 Å². The van der Waals surface area contributed by atoms with Crippen LogP contribution in [0.1, 0.15) is 29.5 Å². The van der Waals surface area contributed by atoms with Gasteiger partial charge in [-0.1, -0.05) is 0 Å². The van der Waals surface area contributed by atoms with Crippen molar-refractivity contribution in [2.75, 3.05) is 18.4 Å². The molecular weight excluding hydrogens is 262 g/mol. The van der Waals surface area contributed by atoms with E-state index in [1.165, 1.54) is 0 Å². The van der Waals surface area contributed by atoms with E-state index in [4.69, 9.17) is 5.11 Å². The minimum atomic E-state index is -1.11. The van der Waals surface area contributed by atoms with Gasteiger partial charge in [-0.15, -0.1) is 0 Å². The number of aromatic nitrogens is 1. The molecule has 1 aromatic rings. The number of aromatic carboxylic acids is 1. The molecule has 0 radical (unpaired) electrons. The highest BCUT2D eigenvalue weighted by molar-refractivity contribution is 5.99. The van der Waals surface area contributed by atoms with E-state index in [1.54, 1.807) is 24.8 Å². The number of nitrogens with one attached hydrogen (secondary N) is 2. The number of carboxylic acids is 1. The number of hydrogen-bond donors (Lipinski definition) is 4. The van der Waals surface area contributed by atoms with E-state index in [0.29, 0.717) is 18.8 Å². The van der Waals surface area contributed by atoms with Gasteiger partial charge in [-0.05, 0) is 26.3 Å². The van der Waals surface area contributed by atoms with Gasteiger partial charge in [0.15, 0.2) is 0 Å². The summed E-state index contributed by atoms with van der Waals surface area (Å²) >= 11 is 0. The standard InChI is InChI=1S/C13H19N3O4/c1-7-5-10(11(14-7)12(18)19)15-13(20)16-4-3-9(6-16)8(2)17/h5,8-9,14,17H,3-4,6H2,1-2H3,(H,15,20)(H,18,19). The van der Waals surface area contributed by atoms with E-state index in [1.807, 2.05) is 0 Å². The summed E-state index contributed by atoms with van der Waals surface area (Å²) in [7, 11) is 0. The van der Waals surface area contributed by atoms with Gasteiger partial charge in [-0.2, -0.15) is 0 Å². The van der Waals surface area contributed by atoms with Gasteiger partial charge in [0.05, 0.1) is 11.8 Å². The number of rotatable bonds is 3. The summed E-state index contributed by atoms with van der Waals surface area (Å²) in [6.45, 7) is 4.48. The van der Waals surface area contributed by atoms with Gasteiger partial charge >= 0.3 is 12.0 Å². The zero-order valence-electron chi connectivity index (χ0n) is 11.5. The Bertz CT molecular complexity index is 524. The largest absolute Gasteiger partial charge is 0.477 e. The van der Waals surface area contributed by atoms with Crippen molar-refractivity contribution in [2.24, 2.45) is 5.92 Å². The second kappa shape index (κ2) is 5.54. The Morgan fingerprint density at radius 2 is 2.25 bits per heavy atom. The number of anilines is 1. The van der Waals surface area contributed by atoms with Gasteiger partial charge in [-0.3, -0.25) is 0 Å². The molecule has 2 heterocycles. The van der Waals surface area contributed by atoms with Crippen LogP contribution in [0.25, 0.3) is 0 Å². The number of aliphatic hydroxyl groups excluding tert-OH is 1. The quantitative estimate of drug-likeness (QED) is 0.669. The molecule has 1 aliphatic rings. The molecule has 1 aromatic heterocycles. The maximum absolute atomic E-state index is 12.1. The summed E-state index contributed by atoms with van der Waals surface area (Å²) in [5.41, 5.74) is 0.906. The fourth-order valence-corrected chi connectivity index (χ4v) is 2.42. The van der Waals surface area contributed by atoms with Crippen molar-refractivity contribution in [3.63, 3.8) is 0 Å². The van der Waals surface area contributed by atoms with E-state index >= 15 is 0 Å². The summed E-state index contributed by atoms with van der Waals surface area (Å²) in [6.07, 6.45) is 0.306. The first-order valence-corrected chi connectivity index (χ1v) is 6.55. The van der Waals surface area contributed by atoms with E-state index in [9.17, 15) is 14.7 Å². The molecule has 0 aliphatic carbocycles. The summed E-state index contributed by atoms with van der Waals surface area (Å²) in [6, 6.07) is 1.25. The second-order valence-electron chi connectivity index (χ2n) is 5.21. The summed E-state index contributed by atoms with van der Waals surface area (Å²) in [5.74, 6) is -1.04. The SMILES string of the molecule is Cc1cc(NC(=O)N2CCC(C(C)O)C2)c(C(=O)O)[nH]1. The number of carboxylic acid groups (broad SMARTS) is 1. The molecular formula is C13H19N3O4. The Balaban J connectivity index is 2.04. The molecule has 0 aromatic carbocycles. The van der Waals surface area contributed by atoms with Crippen molar-refractivity contribution in [3.05, 3.63) is 17.5 Å². The van der Waals surface area contributed by atoms with Crippen molar-refractivity contribution in [1.82, 2.24) is 9.88 Å². The van der Waals surface area contributed by atoms with Crippen molar-refractivity contribution >= 4 is 17.7 Å². The highest BCUT2D eigenvalue weighted by Gasteiger charge is 2.29. The summed E-state index contributed by atoms with van der Waals surface area (Å²) < 4.78 is 0. The van der Waals surface area contributed by atoms with Crippen LogP contribution < -0.4 is 5.32 Å². The summed E-state index contributed by atoms with van der Waals surface area (Å²) in [4.78, 5) is 27.4. The van der Waals surface area contributed by atoms with Crippen LogP contribution in [-0.2, 0) is 0 Å². The van der Waals surface area contributed by atoms with E-state index < -0.39 is 12.1 Å². The predicted molar refractivity (Wildman–Crippen MR) is 72.9 cm³/mol. The van der Waals surface area contributed by atoms with Crippen molar-refractivity contribution in [3.8, 4) is 0 Å². The second-order valence-corrected chi connectivity index (χ2v) is 5.21. The number of H-pyrrole nitrogens is 1. The molecule has 2 atom stereocenters. The third-order valence-corrected chi connectivity index (χ3v) is 3.60. The van der Waals surface area contributed by atoms with E-state index in [-0.39, 0.29) is 23.3 Å². The first kappa shape index (κ1) is 14.4. The molecule has 1 aliphatic heterocycles. The Kier molecular flexibility index (Phi) is 3.99. The molecule has 2 unspecified atom stereocenters. The number of hydrogen-bond acceptors (Lipinski definition) is 3. The number of aliphatic hydroxyl groups is 1. The van der Waals surface area contributed by atoms with Crippen molar-refractivity contribution in [1.29, 1.82) is 0 Å². The molecule has 4 N–H and O–H groups in total. The molecule has 0 spiro atoms. The van der Waals surface area contributed by atoms with Crippen LogP contribution in [0.4, 0.5) is 10.5 Å². The molecule has 2 amide bonds. The van der Waals surface area contributed by atoms with Crippen LogP contribution in [0.2, 0.25) is 0 Å². The fourth-order valence-electron chi connectivity index (χ4n) is 2.42. The molecule has 0 bridgehead atoms. The number of aromatic amines is 1.